The molecule has 0 aliphatic carbocycles. The van der Waals surface area contributed by atoms with Crippen molar-refractivity contribution < 1.29 is 19.5 Å². The first kappa shape index (κ1) is 19.3. The zero-order valence-corrected chi connectivity index (χ0v) is 16.0. The second-order valence-corrected chi connectivity index (χ2v) is 7.58. The average Bonchev–Trinajstić information content (AvgIpc) is 3.26. The Morgan fingerprint density at radius 1 is 1.30 bits per heavy atom. The van der Waals surface area contributed by atoms with Crippen LogP contribution in [0.5, 0.6) is 0 Å². The number of fused-ring (bicyclic) bond motifs is 1. The Labute approximate surface area is 161 Å². The van der Waals surface area contributed by atoms with Gasteiger partial charge in [-0.15, -0.1) is 11.8 Å². The summed E-state index contributed by atoms with van der Waals surface area (Å²) in [6, 6.07) is 6.73. The molecule has 27 heavy (non-hydrogen) atoms. The number of aromatic nitrogens is 1. The van der Waals surface area contributed by atoms with Crippen LogP contribution in [0.1, 0.15) is 26.2 Å². The zero-order chi connectivity index (χ0) is 19.4. The molecule has 2 amide bonds. The Morgan fingerprint density at radius 3 is 2.85 bits per heavy atom. The predicted molar refractivity (Wildman–Crippen MR) is 106 cm³/mol. The third-order valence-corrected chi connectivity index (χ3v) is 5.61. The molecule has 1 aliphatic rings. The number of rotatable bonds is 7. The topological polar surface area (TPSA) is 91.6 Å². The smallest absolute Gasteiger partial charge is 0.323 e. The quantitative estimate of drug-likeness (QED) is 0.760. The van der Waals surface area contributed by atoms with Crippen molar-refractivity contribution in [3.8, 4) is 0 Å². The van der Waals surface area contributed by atoms with E-state index in [1.54, 1.807) is 39.6 Å². The molecule has 0 bridgehead atoms. The molecule has 8 heteroatoms. The molecule has 0 radical (unpaired) electrons. The Hall–Kier alpha value is -2.48. The molecule has 7 nitrogen and oxygen atoms in total. The number of nitrogens with zero attached hydrogens (tertiary/aromatic N) is 2. The summed E-state index contributed by atoms with van der Waals surface area (Å²) >= 11 is 1.59. The van der Waals surface area contributed by atoms with Gasteiger partial charge >= 0.3 is 5.97 Å². The molecule has 1 unspecified atom stereocenters. The van der Waals surface area contributed by atoms with Gasteiger partial charge in [-0.05, 0) is 30.7 Å². The number of carbonyl (C=O) groups excluding carboxylic acids is 2. The molecule has 2 heterocycles. The molecule has 1 saturated heterocycles. The van der Waals surface area contributed by atoms with Crippen molar-refractivity contribution in [2.45, 2.75) is 38.8 Å². The standard InChI is InChI=1S/C19H23N3O4S/c1-2-3-4-17(23)22-12-27-11-16(22)19(26)20-14-5-6-15-13(9-14)7-8-21(15)10-18(24)25/h5-9,16H,2-4,10-12H2,1H3,(H,20,26)(H,24,25). The first-order valence-electron chi connectivity index (χ1n) is 8.98. The number of carboxylic acids is 1. The van der Waals surface area contributed by atoms with Gasteiger partial charge in [0.15, 0.2) is 0 Å². The summed E-state index contributed by atoms with van der Waals surface area (Å²) in [6.07, 6.45) is 3.97. The van der Waals surface area contributed by atoms with E-state index in [0.717, 1.165) is 23.7 Å². The number of hydrogen-bond acceptors (Lipinski definition) is 4. The monoisotopic (exact) mass is 389 g/mol. The maximum atomic E-state index is 12.7. The van der Waals surface area contributed by atoms with E-state index in [0.29, 0.717) is 23.7 Å². The highest BCUT2D eigenvalue weighted by Crippen LogP contribution is 2.25. The Balaban J connectivity index is 1.69. The van der Waals surface area contributed by atoms with Gasteiger partial charge in [0.25, 0.3) is 0 Å². The number of hydrogen-bond donors (Lipinski definition) is 2. The first-order valence-corrected chi connectivity index (χ1v) is 10.1. The maximum absolute atomic E-state index is 12.7. The van der Waals surface area contributed by atoms with Gasteiger partial charge in [0.2, 0.25) is 11.8 Å². The van der Waals surface area contributed by atoms with Crippen LogP contribution >= 0.6 is 11.8 Å². The van der Waals surface area contributed by atoms with Crippen molar-refractivity contribution >= 4 is 46.1 Å². The largest absolute Gasteiger partial charge is 0.480 e. The fourth-order valence-corrected chi connectivity index (χ4v) is 4.34. The fraction of sp³-hybridized carbons (Fsp3) is 0.421. The van der Waals surface area contributed by atoms with Gasteiger partial charge in [-0.1, -0.05) is 13.3 Å². The molecule has 1 atom stereocenters. The predicted octanol–water partition coefficient (Wildman–Crippen LogP) is 2.76. The van der Waals surface area contributed by atoms with Crippen LogP contribution in [0.15, 0.2) is 30.5 Å². The van der Waals surface area contributed by atoms with Gasteiger partial charge in [-0.3, -0.25) is 14.4 Å². The van der Waals surface area contributed by atoms with Crippen molar-refractivity contribution in [3.05, 3.63) is 30.5 Å². The minimum Gasteiger partial charge on any atom is -0.480 e. The molecule has 0 spiro atoms. The number of anilines is 1. The summed E-state index contributed by atoms with van der Waals surface area (Å²) in [6.45, 7) is 1.93. The Bertz CT molecular complexity index is 864. The highest BCUT2D eigenvalue weighted by atomic mass is 32.2. The van der Waals surface area contributed by atoms with Crippen molar-refractivity contribution in [1.82, 2.24) is 9.47 Å². The summed E-state index contributed by atoms with van der Waals surface area (Å²) in [5, 5.41) is 12.7. The molecule has 1 aromatic heterocycles. The number of thioether (sulfide) groups is 1. The molecular formula is C19H23N3O4S. The van der Waals surface area contributed by atoms with Crippen LogP contribution < -0.4 is 5.32 Å². The van der Waals surface area contributed by atoms with Gasteiger partial charge in [0.05, 0.1) is 5.88 Å². The SMILES string of the molecule is CCCCC(=O)N1CSCC1C(=O)Nc1ccc2c(ccn2CC(=O)O)c1. The van der Waals surface area contributed by atoms with Crippen molar-refractivity contribution in [2.24, 2.45) is 0 Å². The molecule has 0 saturated carbocycles. The average molecular weight is 389 g/mol. The van der Waals surface area contributed by atoms with E-state index in [2.05, 4.69) is 5.32 Å². The molecular weight excluding hydrogens is 366 g/mol. The van der Waals surface area contributed by atoms with E-state index in [9.17, 15) is 14.4 Å². The first-order chi connectivity index (χ1) is 13.0. The van der Waals surface area contributed by atoms with E-state index >= 15 is 0 Å². The second kappa shape index (κ2) is 8.47. The van der Waals surface area contributed by atoms with Gasteiger partial charge < -0.3 is 19.9 Å². The summed E-state index contributed by atoms with van der Waals surface area (Å²) in [5.74, 6) is 0.0901. The summed E-state index contributed by atoms with van der Waals surface area (Å²) in [5.41, 5.74) is 1.43. The lowest BCUT2D eigenvalue weighted by atomic mass is 10.2. The third-order valence-electron chi connectivity index (χ3n) is 4.59. The highest BCUT2D eigenvalue weighted by molar-refractivity contribution is 7.99. The normalized spacial score (nSPS) is 16.6. The van der Waals surface area contributed by atoms with E-state index < -0.39 is 12.0 Å². The summed E-state index contributed by atoms with van der Waals surface area (Å²) < 4.78 is 1.64. The lowest BCUT2D eigenvalue weighted by Gasteiger charge is -2.23. The van der Waals surface area contributed by atoms with Crippen LogP contribution in [-0.4, -0.2) is 50.0 Å². The minimum absolute atomic E-state index is 0.0307. The highest BCUT2D eigenvalue weighted by Gasteiger charge is 2.34. The number of carboxylic acid groups (broad SMARTS) is 1. The molecule has 1 aromatic carbocycles. The maximum Gasteiger partial charge on any atom is 0.323 e. The lowest BCUT2D eigenvalue weighted by molar-refractivity contribution is -0.137. The number of amides is 2. The van der Waals surface area contributed by atoms with Gasteiger partial charge in [-0.2, -0.15) is 0 Å². The van der Waals surface area contributed by atoms with Crippen LogP contribution in [0.2, 0.25) is 0 Å². The second-order valence-electron chi connectivity index (χ2n) is 6.58. The van der Waals surface area contributed by atoms with Crippen LogP contribution in [-0.2, 0) is 20.9 Å². The van der Waals surface area contributed by atoms with Crippen molar-refractivity contribution in [3.63, 3.8) is 0 Å². The van der Waals surface area contributed by atoms with Crippen molar-refractivity contribution in [1.29, 1.82) is 0 Å². The number of unbranched alkanes of at least 4 members (excludes halogenated alkanes) is 1. The minimum atomic E-state index is -0.906. The third kappa shape index (κ3) is 4.44. The summed E-state index contributed by atoms with van der Waals surface area (Å²) in [7, 11) is 0. The number of aliphatic carboxylic acids is 1. The van der Waals surface area contributed by atoms with Crippen molar-refractivity contribution in [2.75, 3.05) is 16.9 Å². The van der Waals surface area contributed by atoms with Gasteiger partial charge in [0, 0.05) is 35.0 Å². The summed E-state index contributed by atoms with van der Waals surface area (Å²) in [4.78, 5) is 37.6. The van der Waals surface area contributed by atoms with Crippen LogP contribution in [0, 0.1) is 0 Å². The van der Waals surface area contributed by atoms with Crippen LogP contribution in [0.25, 0.3) is 10.9 Å². The van der Waals surface area contributed by atoms with E-state index in [4.69, 9.17) is 5.11 Å². The zero-order valence-electron chi connectivity index (χ0n) is 15.2. The molecule has 2 N–H and O–H groups in total. The number of nitrogens with one attached hydrogen (secondary N) is 1. The Morgan fingerprint density at radius 2 is 2.11 bits per heavy atom. The van der Waals surface area contributed by atoms with E-state index in [-0.39, 0.29) is 18.4 Å². The lowest BCUT2D eigenvalue weighted by Crippen LogP contribution is -2.44. The molecule has 1 fully saturated rings. The molecule has 144 valence electrons. The van der Waals surface area contributed by atoms with E-state index in [1.807, 2.05) is 19.1 Å². The fourth-order valence-electron chi connectivity index (χ4n) is 3.16. The van der Waals surface area contributed by atoms with Gasteiger partial charge in [-0.25, -0.2) is 0 Å². The van der Waals surface area contributed by atoms with E-state index in [1.165, 1.54) is 0 Å². The molecule has 3 rings (SSSR count). The van der Waals surface area contributed by atoms with Gasteiger partial charge in [0.1, 0.15) is 12.6 Å². The number of benzene rings is 1. The van der Waals surface area contributed by atoms with Crippen LogP contribution in [0.4, 0.5) is 5.69 Å². The molecule has 2 aromatic rings. The van der Waals surface area contributed by atoms with Crippen LogP contribution in [0.3, 0.4) is 0 Å². The molecule has 1 aliphatic heterocycles. The number of carbonyl (C=O) groups is 3. The Kier molecular flexibility index (Phi) is 6.05.